The zero-order chi connectivity index (χ0) is 13.2. The van der Waals surface area contributed by atoms with Gasteiger partial charge < -0.3 is 15.8 Å². The van der Waals surface area contributed by atoms with Crippen LogP contribution in [-0.4, -0.2) is 43.0 Å². The van der Waals surface area contributed by atoms with Crippen LogP contribution in [0.2, 0.25) is 0 Å². The monoisotopic (exact) mass is 254 g/mol. The maximum absolute atomic E-state index is 5.53. The lowest BCUT2D eigenvalue weighted by atomic mass is 10.1. The number of ether oxygens (including phenoxy) is 1. The molecule has 0 aromatic carbocycles. The van der Waals surface area contributed by atoms with Crippen LogP contribution in [0.1, 0.15) is 30.5 Å². The number of hydrogen-bond acceptors (Lipinski definition) is 4. The van der Waals surface area contributed by atoms with Crippen LogP contribution in [0.25, 0.3) is 0 Å². The molecule has 1 aromatic heterocycles. The first-order valence-electron chi connectivity index (χ1n) is 6.69. The number of nitrogens with two attached hydrogens (primary N) is 1. The Morgan fingerprint density at radius 3 is 2.94 bits per heavy atom. The van der Waals surface area contributed by atoms with E-state index in [1.54, 1.807) is 7.11 Å². The van der Waals surface area contributed by atoms with Gasteiger partial charge in [-0.1, -0.05) is 0 Å². The Kier molecular flexibility index (Phi) is 7.64. The molecule has 1 atom stereocenters. The van der Waals surface area contributed by atoms with E-state index < -0.39 is 0 Å². The van der Waals surface area contributed by atoms with Crippen molar-refractivity contribution in [1.29, 1.82) is 0 Å². The van der Waals surface area contributed by atoms with Gasteiger partial charge in [0.15, 0.2) is 0 Å². The minimum Gasteiger partial charge on any atom is -0.383 e. The third-order valence-corrected chi connectivity index (χ3v) is 3.11. The average Bonchev–Trinajstić information content (AvgIpc) is 2.77. The van der Waals surface area contributed by atoms with E-state index in [-0.39, 0.29) is 0 Å². The highest BCUT2D eigenvalue weighted by molar-refractivity contribution is 5.14. The summed E-state index contributed by atoms with van der Waals surface area (Å²) >= 11 is 0. The van der Waals surface area contributed by atoms with Crippen molar-refractivity contribution in [1.82, 2.24) is 15.5 Å². The molecule has 0 aliphatic rings. The number of aromatic amines is 1. The molecule has 1 aromatic rings. The van der Waals surface area contributed by atoms with Gasteiger partial charge in [0.1, 0.15) is 0 Å². The summed E-state index contributed by atoms with van der Waals surface area (Å²) in [5, 5.41) is 10.5. The summed E-state index contributed by atoms with van der Waals surface area (Å²) in [7, 11) is 1.74. The minimum absolute atomic E-state index is 0.420. The molecule has 5 nitrogen and oxygen atoms in total. The van der Waals surface area contributed by atoms with Gasteiger partial charge in [-0.25, -0.2) is 0 Å². The fraction of sp³-hybridized carbons (Fsp3) is 0.769. The quantitative estimate of drug-likeness (QED) is 0.544. The average molecular weight is 254 g/mol. The first-order valence-corrected chi connectivity index (χ1v) is 6.69. The maximum Gasteiger partial charge on any atom is 0.0615 e. The maximum atomic E-state index is 5.53. The first kappa shape index (κ1) is 15.1. The predicted molar refractivity (Wildman–Crippen MR) is 73.6 cm³/mol. The molecule has 0 radical (unpaired) electrons. The van der Waals surface area contributed by atoms with E-state index in [1.165, 1.54) is 11.3 Å². The molecule has 0 amide bonds. The molecule has 0 bridgehead atoms. The van der Waals surface area contributed by atoms with Gasteiger partial charge in [-0.2, -0.15) is 5.10 Å². The van der Waals surface area contributed by atoms with Gasteiger partial charge in [0.25, 0.3) is 0 Å². The molecule has 0 saturated carbocycles. The van der Waals surface area contributed by atoms with Crippen LogP contribution in [0.5, 0.6) is 0 Å². The number of aromatic nitrogens is 2. The molecule has 0 spiro atoms. The molecule has 104 valence electrons. The van der Waals surface area contributed by atoms with E-state index in [0.29, 0.717) is 6.04 Å². The zero-order valence-corrected chi connectivity index (χ0v) is 11.5. The molecular weight excluding hydrogens is 228 g/mol. The summed E-state index contributed by atoms with van der Waals surface area (Å²) in [6.45, 7) is 4.56. The van der Waals surface area contributed by atoms with Gasteiger partial charge in [0.2, 0.25) is 0 Å². The van der Waals surface area contributed by atoms with Gasteiger partial charge in [-0.3, -0.25) is 5.10 Å². The highest BCUT2D eigenvalue weighted by Gasteiger charge is 2.07. The van der Waals surface area contributed by atoms with Crippen LogP contribution in [0.3, 0.4) is 0 Å². The third-order valence-electron chi connectivity index (χ3n) is 3.11. The third kappa shape index (κ3) is 5.62. The fourth-order valence-electron chi connectivity index (χ4n) is 2.02. The fourth-order valence-corrected chi connectivity index (χ4v) is 2.02. The highest BCUT2D eigenvalue weighted by atomic mass is 16.5. The van der Waals surface area contributed by atoms with E-state index in [2.05, 4.69) is 22.4 Å². The Balaban J connectivity index is 2.16. The number of hydrogen-bond donors (Lipinski definition) is 3. The molecule has 5 heteroatoms. The van der Waals surface area contributed by atoms with Gasteiger partial charge >= 0.3 is 0 Å². The Morgan fingerprint density at radius 1 is 1.50 bits per heavy atom. The van der Waals surface area contributed by atoms with Crippen molar-refractivity contribution in [3.63, 3.8) is 0 Å². The number of rotatable bonds is 10. The Bertz CT molecular complexity index is 314. The van der Waals surface area contributed by atoms with Crippen LogP contribution >= 0.6 is 0 Å². The molecule has 1 heterocycles. The number of nitrogens with zero attached hydrogens (tertiary/aromatic N) is 1. The van der Waals surface area contributed by atoms with Crippen molar-refractivity contribution >= 4 is 0 Å². The molecule has 18 heavy (non-hydrogen) atoms. The van der Waals surface area contributed by atoms with Crippen molar-refractivity contribution in [2.45, 2.75) is 38.6 Å². The van der Waals surface area contributed by atoms with E-state index in [1.807, 2.05) is 6.20 Å². The summed E-state index contributed by atoms with van der Waals surface area (Å²) in [6, 6.07) is 0.420. The molecule has 0 fully saturated rings. The van der Waals surface area contributed by atoms with E-state index in [4.69, 9.17) is 10.5 Å². The van der Waals surface area contributed by atoms with Gasteiger partial charge in [0.05, 0.1) is 12.8 Å². The topological polar surface area (TPSA) is 76.0 Å². The Morgan fingerprint density at radius 2 is 2.33 bits per heavy atom. The summed E-state index contributed by atoms with van der Waals surface area (Å²) in [5.41, 5.74) is 8.01. The van der Waals surface area contributed by atoms with E-state index >= 15 is 0 Å². The van der Waals surface area contributed by atoms with Gasteiger partial charge in [-0.15, -0.1) is 0 Å². The van der Waals surface area contributed by atoms with Crippen LogP contribution in [0.15, 0.2) is 6.20 Å². The summed E-state index contributed by atoms with van der Waals surface area (Å²) in [5.74, 6) is 0. The predicted octanol–water partition coefficient (Wildman–Crippen LogP) is 0.994. The number of aryl methyl sites for hydroxylation is 2. The van der Waals surface area contributed by atoms with Crippen molar-refractivity contribution in [2.24, 2.45) is 5.73 Å². The molecule has 0 aliphatic carbocycles. The smallest absolute Gasteiger partial charge is 0.0615 e. The Hall–Kier alpha value is -0.910. The normalized spacial score (nSPS) is 12.8. The SMILES string of the molecule is COCC(CCCN)NCCCc1cn[nH]c1C. The van der Waals surface area contributed by atoms with Gasteiger partial charge in [0, 0.05) is 18.8 Å². The van der Waals surface area contributed by atoms with Crippen LogP contribution in [0.4, 0.5) is 0 Å². The number of H-pyrrole nitrogens is 1. The van der Waals surface area contributed by atoms with E-state index in [0.717, 1.165) is 45.4 Å². The summed E-state index contributed by atoms with van der Waals surface area (Å²) in [4.78, 5) is 0. The van der Waals surface area contributed by atoms with E-state index in [9.17, 15) is 0 Å². The van der Waals surface area contributed by atoms with Gasteiger partial charge in [-0.05, 0) is 51.3 Å². The van der Waals surface area contributed by atoms with Crippen molar-refractivity contribution in [2.75, 3.05) is 26.8 Å². The highest BCUT2D eigenvalue weighted by Crippen LogP contribution is 2.05. The van der Waals surface area contributed by atoms with Crippen LogP contribution in [0, 0.1) is 6.92 Å². The Labute approximate surface area is 109 Å². The van der Waals surface area contributed by atoms with Crippen molar-refractivity contribution in [3.05, 3.63) is 17.5 Å². The lowest BCUT2D eigenvalue weighted by Crippen LogP contribution is -2.34. The second-order valence-electron chi connectivity index (χ2n) is 4.66. The number of nitrogens with one attached hydrogen (secondary N) is 2. The zero-order valence-electron chi connectivity index (χ0n) is 11.5. The molecule has 1 rings (SSSR count). The van der Waals surface area contributed by atoms with Crippen molar-refractivity contribution in [3.8, 4) is 0 Å². The minimum atomic E-state index is 0.420. The van der Waals surface area contributed by atoms with Crippen LogP contribution < -0.4 is 11.1 Å². The first-order chi connectivity index (χ1) is 8.77. The summed E-state index contributed by atoms with van der Waals surface area (Å²) < 4.78 is 5.20. The second-order valence-corrected chi connectivity index (χ2v) is 4.66. The molecular formula is C13H26N4O. The summed E-state index contributed by atoms with van der Waals surface area (Å²) in [6.07, 6.45) is 6.21. The largest absolute Gasteiger partial charge is 0.383 e. The molecule has 1 unspecified atom stereocenters. The molecule has 0 saturated heterocycles. The lowest BCUT2D eigenvalue weighted by Gasteiger charge is -2.17. The van der Waals surface area contributed by atoms with Crippen LogP contribution in [-0.2, 0) is 11.2 Å². The second kappa shape index (κ2) is 9.08. The van der Waals surface area contributed by atoms with Crippen molar-refractivity contribution < 1.29 is 4.74 Å². The molecule has 0 aliphatic heterocycles. The number of methoxy groups -OCH3 is 1. The standard InChI is InChI=1S/C13H26N4O/c1-11-12(9-16-17-11)5-4-8-15-13(10-18-2)6-3-7-14/h9,13,15H,3-8,10,14H2,1-2H3,(H,16,17). The molecule has 4 N–H and O–H groups in total. The lowest BCUT2D eigenvalue weighted by molar-refractivity contribution is 0.161.